The summed E-state index contributed by atoms with van der Waals surface area (Å²) in [5, 5.41) is 3.34. The lowest BCUT2D eigenvalue weighted by Crippen LogP contribution is -2.06. The molecule has 0 aliphatic heterocycles. The molecule has 1 aromatic rings. The van der Waals surface area contributed by atoms with Crippen LogP contribution < -0.4 is 5.32 Å². The van der Waals surface area contributed by atoms with E-state index >= 15 is 0 Å². The van der Waals surface area contributed by atoms with Crippen molar-refractivity contribution in [3.8, 4) is 0 Å². The summed E-state index contributed by atoms with van der Waals surface area (Å²) in [4.78, 5) is 4.37. The van der Waals surface area contributed by atoms with Crippen molar-refractivity contribution in [2.24, 2.45) is 7.05 Å². The highest BCUT2D eigenvalue weighted by molar-refractivity contribution is 7.98. The maximum Gasteiger partial charge on any atom is 0.202 e. The Hall–Kier alpha value is -0.640. The van der Waals surface area contributed by atoms with Crippen LogP contribution in [0.15, 0.2) is 6.20 Å². The molecular weight excluding hydrogens is 194 g/mol. The summed E-state index contributed by atoms with van der Waals surface area (Å²) < 4.78 is 2.03. The van der Waals surface area contributed by atoms with Crippen LogP contribution in [0, 0.1) is 6.92 Å². The van der Waals surface area contributed by atoms with Gasteiger partial charge in [0.1, 0.15) is 0 Å². The van der Waals surface area contributed by atoms with Crippen molar-refractivity contribution in [3.63, 3.8) is 0 Å². The minimum absolute atomic E-state index is 0.978. The Morgan fingerprint density at radius 3 is 2.86 bits per heavy atom. The summed E-state index contributed by atoms with van der Waals surface area (Å²) in [6.07, 6.45) is 6.67. The van der Waals surface area contributed by atoms with Crippen LogP contribution in [0.5, 0.6) is 0 Å². The molecule has 3 nitrogen and oxygen atoms in total. The van der Waals surface area contributed by atoms with Crippen molar-refractivity contribution < 1.29 is 0 Å². The molecule has 0 aliphatic carbocycles. The Bertz CT molecular complexity index is 270. The van der Waals surface area contributed by atoms with E-state index in [0.29, 0.717) is 0 Å². The van der Waals surface area contributed by atoms with E-state index in [0.717, 1.165) is 18.2 Å². The van der Waals surface area contributed by atoms with Gasteiger partial charge in [-0.05, 0) is 31.8 Å². The van der Waals surface area contributed by atoms with E-state index in [9.17, 15) is 0 Å². The number of anilines is 1. The van der Waals surface area contributed by atoms with Crippen LogP contribution in [0.2, 0.25) is 0 Å². The molecule has 0 radical (unpaired) electrons. The summed E-state index contributed by atoms with van der Waals surface area (Å²) >= 11 is 1.91. The maximum absolute atomic E-state index is 4.37. The van der Waals surface area contributed by atoms with E-state index < -0.39 is 0 Å². The number of imidazole rings is 1. The van der Waals surface area contributed by atoms with Crippen LogP contribution in [0.25, 0.3) is 0 Å². The topological polar surface area (TPSA) is 29.9 Å². The van der Waals surface area contributed by atoms with Crippen molar-refractivity contribution in [2.75, 3.05) is 23.9 Å². The molecular formula is C10H19N3S. The van der Waals surface area contributed by atoms with Gasteiger partial charge in [0, 0.05) is 19.8 Å². The van der Waals surface area contributed by atoms with E-state index in [1.54, 1.807) is 0 Å². The molecule has 80 valence electrons. The number of thioether (sulfide) groups is 1. The molecule has 1 aromatic heterocycles. The molecule has 1 rings (SSSR count). The first-order valence-corrected chi connectivity index (χ1v) is 6.36. The normalized spacial score (nSPS) is 10.5. The summed E-state index contributed by atoms with van der Waals surface area (Å²) in [6.45, 7) is 3.03. The average Bonchev–Trinajstić information content (AvgIpc) is 2.45. The van der Waals surface area contributed by atoms with Gasteiger partial charge in [-0.25, -0.2) is 4.98 Å². The molecule has 0 atom stereocenters. The van der Waals surface area contributed by atoms with Gasteiger partial charge in [-0.3, -0.25) is 0 Å². The van der Waals surface area contributed by atoms with Gasteiger partial charge < -0.3 is 9.88 Å². The summed E-state index contributed by atoms with van der Waals surface area (Å²) in [7, 11) is 2.02. The molecule has 0 bridgehead atoms. The van der Waals surface area contributed by atoms with Gasteiger partial charge in [-0.1, -0.05) is 0 Å². The fraction of sp³-hybridized carbons (Fsp3) is 0.700. The predicted octanol–water partition coefficient (Wildman–Crippen LogP) is 2.28. The minimum atomic E-state index is 0.978. The van der Waals surface area contributed by atoms with Gasteiger partial charge >= 0.3 is 0 Å². The predicted molar refractivity (Wildman–Crippen MR) is 64.1 cm³/mol. The number of rotatable bonds is 6. The Morgan fingerprint density at radius 2 is 2.29 bits per heavy atom. The molecule has 1 heterocycles. The summed E-state index contributed by atoms with van der Waals surface area (Å²) in [6, 6.07) is 0. The van der Waals surface area contributed by atoms with Crippen LogP contribution >= 0.6 is 11.8 Å². The maximum atomic E-state index is 4.37. The smallest absolute Gasteiger partial charge is 0.202 e. The average molecular weight is 213 g/mol. The fourth-order valence-corrected chi connectivity index (χ4v) is 1.84. The largest absolute Gasteiger partial charge is 0.356 e. The molecule has 14 heavy (non-hydrogen) atoms. The molecule has 0 aromatic carbocycles. The second-order valence-electron chi connectivity index (χ2n) is 3.44. The Morgan fingerprint density at radius 1 is 1.50 bits per heavy atom. The molecule has 0 amide bonds. The lowest BCUT2D eigenvalue weighted by atomic mass is 10.3. The zero-order valence-electron chi connectivity index (χ0n) is 9.21. The number of unbranched alkanes of at least 4 members (excludes halogenated alkanes) is 1. The summed E-state index contributed by atoms with van der Waals surface area (Å²) in [5.41, 5.74) is 1.07. The first-order chi connectivity index (χ1) is 6.74. The van der Waals surface area contributed by atoms with Gasteiger partial charge in [-0.15, -0.1) is 0 Å². The van der Waals surface area contributed by atoms with Gasteiger partial charge in [0.2, 0.25) is 5.95 Å². The third kappa shape index (κ3) is 3.62. The number of nitrogens with zero attached hydrogens (tertiary/aromatic N) is 2. The molecule has 0 spiro atoms. The SMILES string of the molecule is CSCCCCNc1nc(C)cn1C. The van der Waals surface area contributed by atoms with Crippen LogP contribution in [-0.4, -0.2) is 28.1 Å². The lowest BCUT2D eigenvalue weighted by molar-refractivity contribution is 0.818. The van der Waals surface area contributed by atoms with Crippen molar-refractivity contribution in [1.29, 1.82) is 0 Å². The van der Waals surface area contributed by atoms with E-state index in [-0.39, 0.29) is 0 Å². The van der Waals surface area contributed by atoms with Crippen LogP contribution in [0.3, 0.4) is 0 Å². The number of aryl methyl sites for hydroxylation is 2. The molecule has 1 N–H and O–H groups in total. The Balaban J connectivity index is 2.21. The van der Waals surface area contributed by atoms with Gasteiger partial charge in [0.25, 0.3) is 0 Å². The second kappa shape index (κ2) is 5.96. The Labute approximate surface area is 90.3 Å². The van der Waals surface area contributed by atoms with E-state index in [1.165, 1.54) is 18.6 Å². The minimum Gasteiger partial charge on any atom is -0.356 e. The van der Waals surface area contributed by atoms with E-state index in [2.05, 4.69) is 16.6 Å². The molecule has 0 fully saturated rings. The third-order valence-electron chi connectivity index (χ3n) is 2.06. The zero-order valence-corrected chi connectivity index (χ0v) is 10.0. The highest BCUT2D eigenvalue weighted by Gasteiger charge is 1.99. The van der Waals surface area contributed by atoms with Crippen LogP contribution in [0.1, 0.15) is 18.5 Å². The van der Waals surface area contributed by atoms with Crippen molar-refractivity contribution in [3.05, 3.63) is 11.9 Å². The monoisotopic (exact) mass is 213 g/mol. The molecule has 0 unspecified atom stereocenters. The third-order valence-corrected chi connectivity index (χ3v) is 2.75. The van der Waals surface area contributed by atoms with Gasteiger partial charge in [-0.2, -0.15) is 11.8 Å². The van der Waals surface area contributed by atoms with Crippen molar-refractivity contribution >= 4 is 17.7 Å². The number of nitrogens with one attached hydrogen (secondary N) is 1. The van der Waals surface area contributed by atoms with Crippen molar-refractivity contribution in [2.45, 2.75) is 19.8 Å². The highest BCUT2D eigenvalue weighted by atomic mass is 32.2. The van der Waals surface area contributed by atoms with Gasteiger partial charge in [0.15, 0.2) is 0 Å². The molecule has 0 aliphatic rings. The van der Waals surface area contributed by atoms with Crippen LogP contribution in [0.4, 0.5) is 5.95 Å². The molecule has 0 saturated carbocycles. The Kier molecular flexibility index (Phi) is 4.87. The quantitative estimate of drug-likeness (QED) is 0.735. The highest BCUT2D eigenvalue weighted by Crippen LogP contribution is 2.06. The van der Waals surface area contributed by atoms with Crippen LogP contribution in [-0.2, 0) is 7.05 Å². The van der Waals surface area contributed by atoms with E-state index in [1.807, 2.05) is 36.5 Å². The standard InChI is InChI=1S/C10H19N3S/c1-9-8-13(2)10(12-9)11-6-4-5-7-14-3/h8H,4-7H2,1-3H3,(H,11,12). The fourth-order valence-electron chi connectivity index (χ4n) is 1.35. The molecule has 4 heteroatoms. The van der Waals surface area contributed by atoms with E-state index in [4.69, 9.17) is 0 Å². The first-order valence-electron chi connectivity index (χ1n) is 4.97. The number of hydrogen-bond donors (Lipinski definition) is 1. The van der Waals surface area contributed by atoms with Crippen molar-refractivity contribution in [1.82, 2.24) is 9.55 Å². The second-order valence-corrected chi connectivity index (χ2v) is 4.43. The molecule has 0 saturated heterocycles. The number of hydrogen-bond acceptors (Lipinski definition) is 3. The zero-order chi connectivity index (χ0) is 10.4. The number of aromatic nitrogens is 2. The lowest BCUT2D eigenvalue weighted by Gasteiger charge is -2.04. The van der Waals surface area contributed by atoms with Gasteiger partial charge in [0.05, 0.1) is 5.69 Å². The summed E-state index contributed by atoms with van der Waals surface area (Å²) in [5.74, 6) is 2.23. The first kappa shape index (κ1) is 11.4.